The lowest BCUT2D eigenvalue weighted by Crippen LogP contribution is -2.17. The van der Waals surface area contributed by atoms with Crippen LogP contribution in [0, 0.1) is 12.3 Å². The molecule has 0 radical (unpaired) electrons. The van der Waals surface area contributed by atoms with E-state index in [1.807, 2.05) is 27.7 Å². The van der Waals surface area contributed by atoms with Gasteiger partial charge in [-0.05, 0) is 51.9 Å². The summed E-state index contributed by atoms with van der Waals surface area (Å²) >= 11 is 0. The average molecular weight is 447 g/mol. The molecule has 1 amide bonds. The van der Waals surface area contributed by atoms with E-state index in [4.69, 9.17) is 21.1 Å². The van der Waals surface area contributed by atoms with E-state index < -0.39 is 16.4 Å². The Labute approximate surface area is 187 Å². The lowest BCUT2D eigenvalue weighted by molar-refractivity contribution is 0.157. The molecule has 0 aromatic heterocycles. The van der Waals surface area contributed by atoms with Crippen LogP contribution in [0.1, 0.15) is 66.2 Å². The molecule has 1 saturated heterocycles. The van der Waals surface area contributed by atoms with Crippen LogP contribution in [-0.2, 0) is 8.92 Å². The highest BCUT2D eigenvalue weighted by Crippen LogP contribution is 2.44. The van der Waals surface area contributed by atoms with E-state index in [2.05, 4.69) is 40.6 Å². The Bertz CT molecular complexity index is 495. The highest BCUT2D eigenvalue weighted by molar-refractivity contribution is 8.28. The zero-order valence-electron chi connectivity index (χ0n) is 20.4. The number of nitrogens with two attached hydrogens (primary N) is 1. The molecule has 0 aliphatic carbocycles. The van der Waals surface area contributed by atoms with Crippen molar-refractivity contribution >= 4 is 16.4 Å². The van der Waals surface area contributed by atoms with Crippen molar-refractivity contribution in [1.82, 2.24) is 4.90 Å². The van der Waals surface area contributed by atoms with Gasteiger partial charge >= 0.3 is 6.09 Å². The number of hydrogen-bond donors (Lipinski definition) is 1. The molecule has 178 valence electrons. The summed E-state index contributed by atoms with van der Waals surface area (Å²) in [6, 6.07) is 0. The standard InChI is InChI=1S/C13H23N3O3S.C5H11N.2C2H6/c1-4-5-7-13(15-16-13)8-10-19-20(2,3)11-6-9-18-12(14)17;1-6-4-2-3-5-6;2*1-2/h1H,5-11H2,2-3H3,(H2,14,17);2-5H2,1H3;2*1-2H3. The third-order valence-electron chi connectivity index (χ3n) is 4.31. The number of nitrogens with zero attached hydrogens (tertiary/aromatic N) is 3. The van der Waals surface area contributed by atoms with Gasteiger partial charge < -0.3 is 19.6 Å². The Morgan fingerprint density at radius 3 is 2.10 bits per heavy atom. The van der Waals surface area contributed by atoms with Crippen molar-refractivity contribution in [3.05, 3.63) is 0 Å². The average Bonchev–Trinajstić information content (AvgIpc) is 3.34. The van der Waals surface area contributed by atoms with E-state index in [1.165, 1.54) is 25.9 Å². The van der Waals surface area contributed by atoms with E-state index in [0.717, 1.165) is 25.0 Å². The smallest absolute Gasteiger partial charge is 0.404 e. The molecule has 2 aliphatic rings. The maximum absolute atomic E-state index is 10.4. The first kappa shape index (κ1) is 30.9. The molecule has 1 fully saturated rings. The molecule has 0 atom stereocenters. The molecule has 8 heteroatoms. The summed E-state index contributed by atoms with van der Waals surface area (Å²) in [4.78, 5) is 12.8. The third kappa shape index (κ3) is 17.5. The Morgan fingerprint density at radius 2 is 1.70 bits per heavy atom. The minimum atomic E-state index is -1.15. The van der Waals surface area contributed by atoms with Crippen LogP contribution in [0.2, 0.25) is 0 Å². The SMILES string of the molecule is C#CCCC1(CCOS(C)(C)CCCOC(N)=O)N=N1.CC.CC.CN1CCCC1. The lowest BCUT2D eigenvalue weighted by Gasteiger charge is -2.31. The number of likely N-dealkylation sites (tertiary alicyclic amines) is 1. The normalized spacial score (nSPS) is 16.5. The molecular formula is C22H46N4O3S. The van der Waals surface area contributed by atoms with E-state index in [9.17, 15) is 4.79 Å². The monoisotopic (exact) mass is 446 g/mol. The molecule has 7 nitrogen and oxygen atoms in total. The van der Waals surface area contributed by atoms with Crippen LogP contribution in [-0.4, -0.2) is 68.3 Å². The predicted octanol–water partition coefficient (Wildman–Crippen LogP) is 5.20. The maximum Gasteiger partial charge on any atom is 0.404 e. The zero-order valence-corrected chi connectivity index (χ0v) is 21.2. The Hall–Kier alpha value is -1.30. The van der Waals surface area contributed by atoms with Gasteiger partial charge in [0.15, 0.2) is 5.66 Å². The molecule has 0 unspecified atom stereocenters. The molecular weight excluding hydrogens is 400 g/mol. The summed E-state index contributed by atoms with van der Waals surface area (Å²) in [7, 11) is 1.02. The summed E-state index contributed by atoms with van der Waals surface area (Å²) in [5.41, 5.74) is 4.62. The van der Waals surface area contributed by atoms with E-state index in [-0.39, 0.29) is 5.66 Å². The number of terminal acetylenes is 1. The minimum Gasteiger partial charge on any atom is -0.450 e. The molecule has 2 aliphatic heterocycles. The summed E-state index contributed by atoms with van der Waals surface area (Å²) < 4.78 is 10.6. The first-order valence-electron chi connectivity index (χ1n) is 11.1. The number of rotatable bonds is 10. The van der Waals surface area contributed by atoms with Gasteiger partial charge in [0.1, 0.15) is 0 Å². The zero-order chi connectivity index (χ0) is 23.5. The molecule has 30 heavy (non-hydrogen) atoms. The van der Waals surface area contributed by atoms with Crippen molar-refractivity contribution < 1.29 is 13.7 Å². The number of amides is 1. The van der Waals surface area contributed by atoms with Crippen molar-refractivity contribution in [2.75, 3.05) is 51.6 Å². The Kier molecular flexibility index (Phi) is 19.0. The second-order valence-electron chi connectivity index (χ2n) is 7.13. The summed E-state index contributed by atoms with van der Waals surface area (Å²) in [5, 5.41) is 8.15. The molecule has 0 saturated carbocycles. The van der Waals surface area contributed by atoms with E-state index in [0.29, 0.717) is 19.6 Å². The quantitative estimate of drug-likeness (QED) is 0.369. The fourth-order valence-corrected chi connectivity index (χ4v) is 4.08. The Morgan fingerprint density at radius 1 is 1.13 bits per heavy atom. The van der Waals surface area contributed by atoms with Gasteiger partial charge in [0.25, 0.3) is 0 Å². The molecule has 0 aromatic carbocycles. The molecule has 0 bridgehead atoms. The van der Waals surface area contributed by atoms with Crippen LogP contribution in [0.3, 0.4) is 0 Å². The van der Waals surface area contributed by atoms with E-state index >= 15 is 0 Å². The predicted molar refractivity (Wildman–Crippen MR) is 130 cm³/mol. The topological polar surface area (TPSA) is 89.5 Å². The lowest BCUT2D eigenvalue weighted by atomic mass is 10.1. The number of primary amides is 1. The first-order valence-corrected chi connectivity index (χ1v) is 13.7. The van der Waals surface area contributed by atoms with Crippen molar-refractivity contribution in [1.29, 1.82) is 0 Å². The minimum absolute atomic E-state index is 0.281. The van der Waals surface area contributed by atoms with Gasteiger partial charge in [-0.15, -0.1) is 22.7 Å². The summed E-state index contributed by atoms with van der Waals surface area (Å²) in [6.45, 7) is 11.6. The van der Waals surface area contributed by atoms with Crippen molar-refractivity contribution in [2.45, 2.75) is 71.9 Å². The first-order chi connectivity index (χ1) is 14.3. The highest BCUT2D eigenvalue weighted by Gasteiger charge is 2.39. The third-order valence-corrected chi connectivity index (χ3v) is 6.39. The van der Waals surface area contributed by atoms with Crippen molar-refractivity contribution in [2.24, 2.45) is 16.0 Å². The fraction of sp³-hybridized carbons (Fsp3) is 0.864. The van der Waals surface area contributed by atoms with Gasteiger partial charge in [-0.1, -0.05) is 27.7 Å². The van der Waals surface area contributed by atoms with Gasteiger partial charge in [0.05, 0.1) is 13.2 Å². The molecule has 2 rings (SSSR count). The van der Waals surface area contributed by atoms with Gasteiger partial charge in [-0.3, -0.25) is 0 Å². The molecule has 2 N–H and O–H groups in total. The van der Waals surface area contributed by atoms with Crippen LogP contribution >= 0.6 is 10.3 Å². The number of ether oxygens (including phenoxy) is 1. The molecule has 0 aromatic rings. The summed E-state index contributed by atoms with van der Waals surface area (Å²) in [6.07, 6.45) is 14.5. The van der Waals surface area contributed by atoms with Crippen LogP contribution in [0.5, 0.6) is 0 Å². The molecule has 2 heterocycles. The highest BCUT2D eigenvalue weighted by atomic mass is 32.3. The fourth-order valence-electron chi connectivity index (χ4n) is 2.61. The van der Waals surface area contributed by atoms with Crippen LogP contribution in [0.4, 0.5) is 4.79 Å². The van der Waals surface area contributed by atoms with Crippen molar-refractivity contribution in [3.63, 3.8) is 0 Å². The largest absolute Gasteiger partial charge is 0.450 e. The number of carbonyl (C=O) groups excluding carboxylic acids is 1. The Balaban J connectivity index is 0. The van der Waals surface area contributed by atoms with Crippen molar-refractivity contribution in [3.8, 4) is 12.3 Å². The number of hydrogen-bond acceptors (Lipinski definition) is 6. The summed E-state index contributed by atoms with van der Waals surface area (Å²) in [5.74, 6) is 3.47. The van der Waals surface area contributed by atoms with Gasteiger partial charge in [-0.25, -0.2) is 4.79 Å². The van der Waals surface area contributed by atoms with Crippen LogP contribution in [0.25, 0.3) is 0 Å². The maximum atomic E-state index is 10.4. The second kappa shape index (κ2) is 18.5. The van der Waals surface area contributed by atoms with Crippen LogP contribution < -0.4 is 5.73 Å². The van der Waals surface area contributed by atoms with Gasteiger partial charge in [-0.2, -0.15) is 10.2 Å². The van der Waals surface area contributed by atoms with Gasteiger partial charge in [0, 0.05) is 25.0 Å². The van der Waals surface area contributed by atoms with E-state index in [1.54, 1.807) is 0 Å². The van der Waals surface area contributed by atoms with Crippen LogP contribution in [0.15, 0.2) is 10.2 Å². The van der Waals surface area contributed by atoms with Gasteiger partial charge in [0.2, 0.25) is 0 Å². The second-order valence-corrected chi connectivity index (χ2v) is 10.6. The molecule has 0 spiro atoms. The number of carbonyl (C=O) groups is 1.